The van der Waals surface area contributed by atoms with E-state index in [9.17, 15) is 4.79 Å². The second-order valence-corrected chi connectivity index (χ2v) is 6.49. The number of hydrogen-bond donors (Lipinski definition) is 1. The molecule has 0 spiro atoms. The van der Waals surface area contributed by atoms with Gasteiger partial charge in [-0.05, 0) is 56.0 Å². The Kier molecular flexibility index (Phi) is 4.54. The van der Waals surface area contributed by atoms with Crippen molar-refractivity contribution in [2.45, 2.75) is 58.2 Å². The van der Waals surface area contributed by atoms with Crippen molar-refractivity contribution in [3.63, 3.8) is 0 Å². The Balaban J connectivity index is 2.07. The zero-order valence-electron chi connectivity index (χ0n) is 12.5. The number of halogens is 1. The van der Waals surface area contributed by atoms with Crippen molar-refractivity contribution in [2.24, 2.45) is 0 Å². The van der Waals surface area contributed by atoms with Crippen LogP contribution in [-0.4, -0.2) is 34.4 Å². The maximum absolute atomic E-state index is 12.1. The third kappa shape index (κ3) is 3.23. The summed E-state index contributed by atoms with van der Waals surface area (Å²) in [6.07, 6.45) is 2.93. The van der Waals surface area contributed by atoms with Gasteiger partial charge in [0.2, 0.25) is 0 Å². The predicted molar refractivity (Wildman–Crippen MR) is 80.6 cm³/mol. The van der Waals surface area contributed by atoms with Gasteiger partial charge >= 0.3 is 5.97 Å². The fourth-order valence-corrected chi connectivity index (χ4v) is 2.64. The summed E-state index contributed by atoms with van der Waals surface area (Å²) in [6.45, 7) is 6.59. The zero-order chi connectivity index (χ0) is 14.9. The van der Waals surface area contributed by atoms with E-state index in [0.29, 0.717) is 19.0 Å². The summed E-state index contributed by atoms with van der Waals surface area (Å²) in [5, 5.41) is 7.88. The molecule has 1 heterocycles. The molecule has 1 aromatic rings. The molecule has 1 aliphatic rings. The van der Waals surface area contributed by atoms with Crippen molar-refractivity contribution in [1.29, 1.82) is 0 Å². The molecule has 1 saturated carbocycles. The number of carbonyl (C=O) groups excluding carboxylic acids is 1. The summed E-state index contributed by atoms with van der Waals surface area (Å²) in [7, 11) is 1.44. The molecule has 0 aliphatic heterocycles. The molecule has 1 aliphatic carbocycles. The maximum atomic E-state index is 12.1. The number of aromatic nitrogens is 2. The Hall–Kier alpha value is -0.880. The summed E-state index contributed by atoms with van der Waals surface area (Å²) in [6, 6.07) is 0.450. The number of rotatable bonds is 6. The van der Waals surface area contributed by atoms with Gasteiger partial charge < -0.3 is 4.74 Å². The predicted octanol–water partition coefficient (Wildman–Crippen LogP) is 2.34. The molecule has 0 saturated heterocycles. The van der Waals surface area contributed by atoms with Crippen LogP contribution in [0.4, 0.5) is 0 Å². The van der Waals surface area contributed by atoms with Gasteiger partial charge in [0.05, 0.1) is 17.3 Å². The molecule has 5 nitrogen and oxygen atoms in total. The lowest BCUT2D eigenvalue weighted by molar-refractivity contribution is -0.148. The van der Waals surface area contributed by atoms with E-state index >= 15 is 0 Å². The first-order valence-electron chi connectivity index (χ1n) is 6.93. The minimum absolute atomic E-state index is 0.204. The Morgan fingerprint density at radius 2 is 2.20 bits per heavy atom. The Bertz CT molecular complexity index is 511. The van der Waals surface area contributed by atoms with Crippen LogP contribution in [0, 0.1) is 13.8 Å². The van der Waals surface area contributed by atoms with Gasteiger partial charge in [0.1, 0.15) is 5.54 Å². The zero-order valence-corrected chi connectivity index (χ0v) is 14.1. The molecular weight excluding hydrogens is 322 g/mol. The Labute approximate surface area is 128 Å². The number of nitrogens with one attached hydrogen (secondary N) is 1. The van der Waals surface area contributed by atoms with Crippen molar-refractivity contribution in [3.8, 4) is 0 Å². The van der Waals surface area contributed by atoms with Gasteiger partial charge in [-0.25, -0.2) is 0 Å². The standard InChI is InChI=1S/C14H22BrN3O2/c1-9-12(15)10(2)18(17-9)8-7-14(3,13(19)20-4)16-11-5-6-11/h11,16H,5-8H2,1-4H3. The van der Waals surface area contributed by atoms with E-state index in [4.69, 9.17) is 4.74 Å². The number of methoxy groups -OCH3 is 1. The van der Waals surface area contributed by atoms with E-state index in [1.807, 2.05) is 25.5 Å². The normalized spacial score (nSPS) is 17.9. The lowest BCUT2D eigenvalue weighted by Gasteiger charge is -2.28. The highest BCUT2D eigenvalue weighted by Gasteiger charge is 2.39. The van der Waals surface area contributed by atoms with Gasteiger partial charge in [-0.1, -0.05) is 0 Å². The van der Waals surface area contributed by atoms with Crippen LogP contribution < -0.4 is 5.32 Å². The van der Waals surface area contributed by atoms with Gasteiger partial charge in [0.25, 0.3) is 0 Å². The highest BCUT2D eigenvalue weighted by Crippen LogP contribution is 2.26. The number of carbonyl (C=O) groups is 1. The molecule has 1 unspecified atom stereocenters. The van der Waals surface area contributed by atoms with Crippen LogP contribution in [-0.2, 0) is 16.1 Å². The largest absolute Gasteiger partial charge is 0.468 e. The molecule has 1 N–H and O–H groups in total. The van der Waals surface area contributed by atoms with Crippen molar-refractivity contribution >= 4 is 21.9 Å². The van der Waals surface area contributed by atoms with Gasteiger partial charge in [0, 0.05) is 18.3 Å². The number of nitrogens with zero attached hydrogens (tertiary/aromatic N) is 2. The first kappa shape index (κ1) is 15.5. The fraction of sp³-hybridized carbons (Fsp3) is 0.714. The molecule has 2 rings (SSSR count). The summed E-state index contributed by atoms with van der Waals surface area (Å²) in [5.74, 6) is -0.204. The van der Waals surface area contributed by atoms with Gasteiger partial charge in [0.15, 0.2) is 0 Å². The van der Waals surface area contributed by atoms with Crippen molar-refractivity contribution in [1.82, 2.24) is 15.1 Å². The van der Waals surface area contributed by atoms with Crippen LogP contribution in [0.2, 0.25) is 0 Å². The SMILES string of the molecule is COC(=O)C(C)(CCn1nc(C)c(Br)c1C)NC1CC1. The number of esters is 1. The van der Waals surface area contributed by atoms with Crippen LogP contribution >= 0.6 is 15.9 Å². The smallest absolute Gasteiger partial charge is 0.325 e. The molecule has 20 heavy (non-hydrogen) atoms. The average Bonchev–Trinajstić information content (AvgIpc) is 3.19. The Morgan fingerprint density at radius 3 is 2.65 bits per heavy atom. The van der Waals surface area contributed by atoms with E-state index < -0.39 is 5.54 Å². The van der Waals surface area contributed by atoms with E-state index in [0.717, 1.165) is 28.7 Å². The highest BCUT2D eigenvalue weighted by atomic mass is 79.9. The number of aryl methyl sites for hydroxylation is 2. The van der Waals surface area contributed by atoms with Crippen molar-refractivity contribution in [2.75, 3.05) is 7.11 Å². The maximum Gasteiger partial charge on any atom is 0.325 e. The summed E-state index contributed by atoms with van der Waals surface area (Å²) in [5.41, 5.74) is 1.41. The third-order valence-electron chi connectivity index (χ3n) is 3.85. The topological polar surface area (TPSA) is 56.2 Å². The molecule has 0 amide bonds. The van der Waals surface area contributed by atoms with Crippen LogP contribution in [0.5, 0.6) is 0 Å². The van der Waals surface area contributed by atoms with E-state index in [-0.39, 0.29) is 5.97 Å². The quantitative estimate of drug-likeness (QED) is 0.805. The van der Waals surface area contributed by atoms with Crippen molar-refractivity contribution < 1.29 is 9.53 Å². The van der Waals surface area contributed by atoms with Crippen molar-refractivity contribution in [3.05, 3.63) is 15.9 Å². The lowest BCUT2D eigenvalue weighted by atomic mass is 9.97. The molecule has 0 bridgehead atoms. The van der Waals surface area contributed by atoms with Crippen LogP contribution in [0.3, 0.4) is 0 Å². The molecule has 1 fully saturated rings. The molecule has 112 valence electrons. The van der Waals surface area contributed by atoms with Crippen LogP contribution in [0.1, 0.15) is 37.6 Å². The minimum atomic E-state index is -0.644. The second-order valence-electron chi connectivity index (χ2n) is 5.70. The molecule has 6 heteroatoms. The number of ether oxygens (including phenoxy) is 1. The summed E-state index contributed by atoms with van der Waals surface area (Å²) in [4.78, 5) is 12.1. The second kappa shape index (κ2) is 5.85. The third-order valence-corrected chi connectivity index (χ3v) is 5.00. The molecular formula is C14H22BrN3O2. The molecule has 0 radical (unpaired) electrons. The first-order valence-corrected chi connectivity index (χ1v) is 7.72. The summed E-state index contributed by atoms with van der Waals surface area (Å²) >= 11 is 3.52. The number of hydrogen-bond acceptors (Lipinski definition) is 4. The van der Waals surface area contributed by atoms with Gasteiger partial charge in [-0.3, -0.25) is 14.8 Å². The fourth-order valence-electron chi connectivity index (χ4n) is 2.36. The first-order chi connectivity index (χ1) is 9.37. The molecule has 1 atom stereocenters. The Morgan fingerprint density at radius 1 is 1.55 bits per heavy atom. The summed E-state index contributed by atoms with van der Waals surface area (Å²) < 4.78 is 7.93. The van der Waals surface area contributed by atoms with E-state index in [1.54, 1.807) is 0 Å². The molecule has 1 aromatic heterocycles. The highest BCUT2D eigenvalue weighted by molar-refractivity contribution is 9.10. The lowest BCUT2D eigenvalue weighted by Crippen LogP contribution is -2.51. The molecule has 0 aromatic carbocycles. The monoisotopic (exact) mass is 343 g/mol. The van der Waals surface area contributed by atoms with Gasteiger partial charge in [-0.15, -0.1) is 0 Å². The van der Waals surface area contributed by atoms with E-state index in [1.165, 1.54) is 7.11 Å². The minimum Gasteiger partial charge on any atom is -0.468 e. The van der Waals surface area contributed by atoms with Gasteiger partial charge in [-0.2, -0.15) is 5.10 Å². The average molecular weight is 344 g/mol. The van der Waals surface area contributed by atoms with E-state index in [2.05, 4.69) is 26.3 Å². The van der Waals surface area contributed by atoms with Crippen LogP contribution in [0.25, 0.3) is 0 Å². The van der Waals surface area contributed by atoms with Crippen LogP contribution in [0.15, 0.2) is 4.47 Å².